The van der Waals surface area contributed by atoms with E-state index in [1.54, 1.807) is 0 Å². The summed E-state index contributed by atoms with van der Waals surface area (Å²) in [6.07, 6.45) is 4.07. The SMILES string of the molecule is CCC(C)CCOc1nsnc1C1=CCCN(C)C1.CN1CCC=C(c2nsnc2OCC(F)(F)F)C1. The molecule has 0 aliphatic carbocycles. The fourth-order valence-electron chi connectivity index (χ4n) is 3.78. The predicted octanol–water partition coefficient (Wildman–Crippen LogP) is 5.27. The zero-order valence-electron chi connectivity index (χ0n) is 21.8. The van der Waals surface area contributed by atoms with Crippen molar-refractivity contribution in [3.05, 3.63) is 23.5 Å². The Labute approximate surface area is 224 Å². The van der Waals surface area contributed by atoms with Crippen LogP contribution >= 0.6 is 23.5 Å². The molecule has 0 spiro atoms. The van der Waals surface area contributed by atoms with Gasteiger partial charge in [0.05, 0.1) is 30.1 Å². The standard InChI is InChI=1S/C14H23N3OS.C10H12F3N3OS/c1-4-11(2)7-9-18-14-13(15-19-16-14)12-6-5-8-17(3)10-12;1-16-4-2-3-7(5-16)8-9(15-18-14-8)17-6-10(11,12)13/h6,11H,4-5,7-10H2,1-3H3;3H,2,4-6H2,1H3. The third-order valence-corrected chi connectivity index (χ3v) is 7.15. The number of ether oxygens (including phenoxy) is 2. The van der Waals surface area contributed by atoms with E-state index in [9.17, 15) is 13.2 Å². The Kier molecular flexibility index (Phi) is 11.3. The van der Waals surface area contributed by atoms with Gasteiger partial charge in [-0.05, 0) is 50.4 Å². The minimum Gasteiger partial charge on any atom is -0.475 e. The fourth-order valence-corrected chi connectivity index (χ4v) is 4.85. The monoisotopic (exact) mass is 560 g/mol. The molecule has 0 radical (unpaired) electrons. The summed E-state index contributed by atoms with van der Waals surface area (Å²) in [5, 5.41) is 0. The van der Waals surface area contributed by atoms with Crippen LogP contribution in [-0.2, 0) is 0 Å². The van der Waals surface area contributed by atoms with Crippen molar-refractivity contribution < 1.29 is 22.6 Å². The Morgan fingerprint density at radius 1 is 0.892 bits per heavy atom. The summed E-state index contributed by atoms with van der Waals surface area (Å²) in [6, 6.07) is 0. The molecule has 0 saturated heterocycles. The molecule has 1 unspecified atom stereocenters. The van der Waals surface area contributed by atoms with Crippen LogP contribution in [0.15, 0.2) is 12.2 Å². The summed E-state index contributed by atoms with van der Waals surface area (Å²) < 4.78 is 63.2. The number of alkyl halides is 3. The summed E-state index contributed by atoms with van der Waals surface area (Å²) in [5.74, 6) is 1.39. The van der Waals surface area contributed by atoms with E-state index in [2.05, 4.69) is 59.0 Å². The molecule has 2 aliphatic rings. The van der Waals surface area contributed by atoms with Crippen LogP contribution in [0, 0.1) is 5.92 Å². The van der Waals surface area contributed by atoms with Crippen molar-refractivity contribution in [2.24, 2.45) is 5.92 Å². The highest BCUT2D eigenvalue weighted by molar-refractivity contribution is 6.99. The molecule has 0 bridgehead atoms. The normalized spacial score (nSPS) is 17.9. The molecule has 4 heterocycles. The summed E-state index contributed by atoms with van der Waals surface area (Å²) in [6.45, 7) is 7.49. The van der Waals surface area contributed by atoms with Gasteiger partial charge in [-0.3, -0.25) is 0 Å². The Hall–Kier alpha value is -2.09. The highest BCUT2D eigenvalue weighted by Crippen LogP contribution is 2.29. The van der Waals surface area contributed by atoms with Crippen LogP contribution in [0.3, 0.4) is 0 Å². The topological polar surface area (TPSA) is 76.5 Å². The maximum atomic E-state index is 12.1. The van der Waals surface area contributed by atoms with Crippen molar-refractivity contribution in [2.75, 3.05) is 53.5 Å². The van der Waals surface area contributed by atoms with Crippen LogP contribution in [0.4, 0.5) is 13.2 Å². The quantitative estimate of drug-likeness (QED) is 0.411. The van der Waals surface area contributed by atoms with Gasteiger partial charge in [0.15, 0.2) is 6.61 Å². The van der Waals surface area contributed by atoms with Crippen molar-refractivity contribution in [3.8, 4) is 11.8 Å². The van der Waals surface area contributed by atoms with Crippen molar-refractivity contribution in [3.63, 3.8) is 0 Å². The van der Waals surface area contributed by atoms with Crippen molar-refractivity contribution in [1.29, 1.82) is 0 Å². The molecule has 0 fully saturated rings. The number of hydrogen-bond acceptors (Lipinski definition) is 10. The number of nitrogens with zero attached hydrogens (tertiary/aromatic N) is 6. The van der Waals surface area contributed by atoms with Crippen LogP contribution in [0.25, 0.3) is 11.1 Å². The Bertz CT molecular complexity index is 1040. The molecule has 0 amide bonds. The van der Waals surface area contributed by atoms with E-state index in [0.29, 0.717) is 18.2 Å². The van der Waals surface area contributed by atoms with Crippen LogP contribution < -0.4 is 9.47 Å². The van der Waals surface area contributed by atoms with Crippen LogP contribution in [0.5, 0.6) is 11.8 Å². The summed E-state index contributed by atoms with van der Waals surface area (Å²) in [4.78, 5) is 4.37. The van der Waals surface area contributed by atoms with Gasteiger partial charge < -0.3 is 19.3 Å². The third-order valence-electron chi connectivity index (χ3n) is 6.13. The number of rotatable bonds is 9. The Morgan fingerprint density at radius 2 is 1.41 bits per heavy atom. The number of halogens is 3. The highest BCUT2D eigenvalue weighted by atomic mass is 32.1. The molecule has 8 nitrogen and oxygen atoms in total. The van der Waals surface area contributed by atoms with Crippen molar-refractivity contribution in [1.82, 2.24) is 27.3 Å². The maximum absolute atomic E-state index is 12.1. The van der Waals surface area contributed by atoms with E-state index in [-0.39, 0.29) is 5.88 Å². The van der Waals surface area contributed by atoms with E-state index in [4.69, 9.17) is 4.74 Å². The van der Waals surface area contributed by atoms with E-state index >= 15 is 0 Å². The number of likely N-dealkylation sites (N-methyl/N-ethyl adjacent to an activating group) is 2. The van der Waals surface area contributed by atoms with E-state index in [1.165, 1.54) is 23.7 Å². The molecule has 206 valence electrons. The second-order valence-corrected chi connectivity index (χ2v) is 10.5. The molecular formula is C24H35F3N6O2S2. The van der Waals surface area contributed by atoms with E-state index < -0.39 is 12.8 Å². The molecule has 0 saturated carbocycles. The molecule has 1 atom stereocenters. The molecule has 2 aromatic rings. The van der Waals surface area contributed by atoms with E-state index in [1.807, 2.05) is 13.1 Å². The first kappa shape index (κ1) is 29.5. The van der Waals surface area contributed by atoms with Crippen LogP contribution in [-0.4, -0.2) is 87.0 Å². The first-order valence-electron chi connectivity index (χ1n) is 12.4. The van der Waals surface area contributed by atoms with Gasteiger partial charge in [0.25, 0.3) is 11.8 Å². The average molecular weight is 561 g/mol. The van der Waals surface area contributed by atoms with Gasteiger partial charge >= 0.3 is 6.18 Å². The Morgan fingerprint density at radius 3 is 1.86 bits per heavy atom. The van der Waals surface area contributed by atoms with E-state index in [0.717, 1.165) is 74.4 Å². The minimum absolute atomic E-state index is 0.0288. The third kappa shape index (κ3) is 9.62. The molecule has 13 heteroatoms. The summed E-state index contributed by atoms with van der Waals surface area (Å²) in [5.41, 5.74) is 3.49. The molecule has 37 heavy (non-hydrogen) atoms. The molecule has 0 aromatic carbocycles. The zero-order chi connectivity index (χ0) is 26.8. The Balaban J connectivity index is 0.000000206. The van der Waals surface area contributed by atoms with Crippen LogP contribution in [0.1, 0.15) is 50.9 Å². The molecule has 2 aromatic heterocycles. The predicted molar refractivity (Wildman–Crippen MR) is 141 cm³/mol. The lowest BCUT2D eigenvalue weighted by Gasteiger charge is -2.22. The molecular weight excluding hydrogens is 525 g/mol. The first-order valence-corrected chi connectivity index (χ1v) is 13.9. The first-order chi connectivity index (χ1) is 17.7. The summed E-state index contributed by atoms with van der Waals surface area (Å²) >= 11 is 2.10. The van der Waals surface area contributed by atoms with Gasteiger partial charge in [-0.25, -0.2) is 0 Å². The van der Waals surface area contributed by atoms with Gasteiger partial charge in [-0.1, -0.05) is 32.4 Å². The average Bonchev–Trinajstić information content (AvgIpc) is 3.52. The second kappa shape index (κ2) is 14.2. The lowest BCUT2D eigenvalue weighted by molar-refractivity contribution is -0.154. The van der Waals surface area contributed by atoms with Crippen molar-refractivity contribution in [2.45, 2.75) is 45.7 Å². The van der Waals surface area contributed by atoms with Crippen LogP contribution in [0.2, 0.25) is 0 Å². The second-order valence-electron chi connectivity index (χ2n) is 9.40. The minimum atomic E-state index is -4.36. The van der Waals surface area contributed by atoms with Gasteiger partial charge in [0.1, 0.15) is 11.4 Å². The zero-order valence-corrected chi connectivity index (χ0v) is 23.4. The van der Waals surface area contributed by atoms with Gasteiger partial charge in [-0.15, -0.1) is 8.75 Å². The number of aromatic nitrogens is 4. The van der Waals surface area contributed by atoms with Gasteiger partial charge in [-0.2, -0.15) is 21.9 Å². The lowest BCUT2D eigenvalue weighted by atomic mass is 10.1. The lowest BCUT2D eigenvalue weighted by Crippen LogP contribution is -2.25. The van der Waals surface area contributed by atoms with Crippen molar-refractivity contribution >= 4 is 34.6 Å². The smallest absolute Gasteiger partial charge is 0.422 e. The largest absolute Gasteiger partial charge is 0.475 e. The molecule has 0 N–H and O–H groups in total. The fraction of sp³-hybridized carbons (Fsp3) is 0.667. The molecule has 2 aliphatic heterocycles. The summed E-state index contributed by atoms with van der Waals surface area (Å²) in [7, 11) is 4.08. The highest BCUT2D eigenvalue weighted by Gasteiger charge is 2.30. The maximum Gasteiger partial charge on any atom is 0.422 e. The van der Waals surface area contributed by atoms with Gasteiger partial charge in [0, 0.05) is 26.2 Å². The number of hydrogen-bond donors (Lipinski definition) is 0. The van der Waals surface area contributed by atoms with Gasteiger partial charge in [0.2, 0.25) is 0 Å². The molecule has 4 rings (SSSR count).